The van der Waals surface area contributed by atoms with E-state index in [1.807, 2.05) is 13.8 Å². The highest BCUT2D eigenvalue weighted by Crippen LogP contribution is 2.33. The van der Waals surface area contributed by atoms with E-state index in [0.29, 0.717) is 25.6 Å². The highest BCUT2D eigenvalue weighted by atomic mass is 127. The predicted octanol–water partition coefficient (Wildman–Crippen LogP) is 6.09. The summed E-state index contributed by atoms with van der Waals surface area (Å²) >= 11 is 8.81. The largest absolute Gasteiger partial charge is 0.265 e. The molecular formula is C24H25Br2IN2O4S2. The van der Waals surface area contributed by atoms with Gasteiger partial charge in [0.05, 0.1) is 21.2 Å². The van der Waals surface area contributed by atoms with Gasteiger partial charge in [-0.3, -0.25) is 8.61 Å². The van der Waals surface area contributed by atoms with Crippen LogP contribution in [-0.4, -0.2) is 40.6 Å². The molecular weight excluding hydrogens is 731 g/mol. The molecule has 0 bridgehead atoms. The molecule has 0 N–H and O–H groups in total. The zero-order valence-corrected chi connectivity index (χ0v) is 26.1. The summed E-state index contributed by atoms with van der Waals surface area (Å²) in [5, 5.41) is 0.817. The van der Waals surface area contributed by atoms with Crippen LogP contribution in [0.15, 0.2) is 76.5 Å². The van der Waals surface area contributed by atoms with E-state index in [4.69, 9.17) is 0 Å². The molecule has 3 aromatic carbocycles. The van der Waals surface area contributed by atoms with Crippen LogP contribution < -0.4 is 8.61 Å². The number of anilines is 2. The number of hydrogen-bond donors (Lipinski definition) is 0. The number of halogens is 3. The van der Waals surface area contributed by atoms with E-state index in [0.717, 1.165) is 11.1 Å². The summed E-state index contributed by atoms with van der Waals surface area (Å²) < 4.78 is 57.6. The lowest BCUT2D eigenvalue weighted by Gasteiger charge is -2.28. The molecule has 0 aromatic heterocycles. The van der Waals surface area contributed by atoms with Crippen molar-refractivity contribution in [3.05, 3.63) is 81.4 Å². The maximum Gasteiger partial charge on any atom is 0.264 e. The molecule has 0 aliphatic carbocycles. The number of hydrogen-bond acceptors (Lipinski definition) is 4. The molecule has 0 amide bonds. The topological polar surface area (TPSA) is 74.8 Å². The molecule has 0 aliphatic heterocycles. The minimum Gasteiger partial charge on any atom is -0.265 e. The molecule has 6 nitrogen and oxygen atoms in total. The summed E-state index contributed by atoms with van der Waals surface area (Å²) in [4.78, 5) is 0.350. The van der Waals surface area contributed by atoms with Crippen LogP contribution in [0.2, 0.25) is 0 Å². The van der Waals surface area contributed by atoms with E-state index in [1.54, 1.807) is 66.7 Å². The lowest BCUT2D eigenvalue weighted by Crippen LogP contribution is -2.35. The van der Waals surface area contributed by atoms with Gasteiger partial charge in [0.2, 0.25) is 0 Å². The Labute approximate surface area is 238 Å². The molecule has 3 rings (SSSR count). The summed E-state index contributed by atoms with van der Waals surface area (Å²) in [5.41, 5.74) is 2.70. The van der Waals surface area contributed by atoms with E-state index in [-0.39, 0.29) is 22.9 Å². The molecule has 0 radical (unpaired) electrons. The second kappa shape index (κ2) is 11.9. The molecule has 11 heteroatoms. The number of aryl methyl sites for hydroxylation is 2. The first-order valence-electron chi connectivity index (χ1n) is 10.6. The average Bonchev–Trinajstić information content (AvgIpc) is 2.81. The standard InChI is InChI=1S/C24H25Br2IN2O4S2/c1-18-3-7-23(8-4-18)34(30,31)28(13-11-25)21-15-20(27)16-22(17-21)29(14-12-26)35(32,33)24-9-5-19(2)6-10-24/h3-10,15-17H,11-14H2,1-2H3. The van der Waals surface area contributed by atoms with Crippen LogP contribution in [0.25, 0.3) is 0 Å². The zero-order chi connectivity index (χ0) is 25.8. The Morgan fingerprint density at radius 3 is 1.31 bits per heavy atom. The van der Waals surface area contributed by atoms with Crippen molar-refractivity contribution in [1.29, 1.82) is 0 Å². The summed E-state index contributed by atoms with van der Waals surface area (Å²) in [6.07, 6.45) is 0. The van der Waals surface area contributed by atoms with Crippen LogP contribution in [0.5, 0.6) is 0 Å². The van der Waals surface area contributed by atoms with Crippen molar-refractivity contribution < 1.29 is 16.8 Å². The molecule has 0 heterocycles. The average molecular weight is 756 g/mol. The van der Waals surface area contributed by atoms with Crippen LogP contribution in [0, 0.1) is 17.4 Å². The van der Waals surface area contributed by atoms with Crippen LogP contribution in [-0.2, 0) is 20.0 Å². The van der Waals surface area contributed by atoms with Crippen molar-refractivity contribution >= 4 is 85.9 Å². The fraction of sp³-hybridized carbons (Fsp3) is 0.250. The second-order valence-corrected chi connectivity index (χ2v) is 14.4. The Morgan fingerprint density at radius 1 is 0.657 bits per heavy atom. The summed E-state index contributed by atoms with van der Waals surface area (Å²) in [6, 6.07) is 18.4. The van der Waals surface area contributed by atoms with Crippen LogP contribution >= 0.6 is 54.5 Å². The minimum atomic E-state index is -3.87. The number of benzene rings is 3. The molecule has 188 valence electrons. The zero-order valence-electron chi connectivity index (χ0n) is 19.2. The predicted molar refractivity (Wildman–Crippen MR) is 158 cm³/mol. The van der Waals surface area contributed by atoms with E-state index in [2.05, 4.69) is 54.5 Å². The lowest BCUT2D eigenvalue weighted by atomic mass is 10.2. The second-order valence-electron chi connectivity index (χ2n) is 7.83. The van der Waals surface area contributed by atoms with Crippen molar-refractivity contribution in [3.63, 3.8) is 0 Å². The van der Waals surface area contributed by atoms with Crippen LogP contribution in [0.1, 0.15) is 11.1 Å². The Bertz CT molecular complexity index is 1280. The third kappa shape index (κ3) is 6.60. The van der Waals surface area contributed by atoms with Crippen LogP contribution in [0.4, 0.5) is 11.4 Å². The van der Waals surface area contributed by atoms with Gasteiger partial charge in [-0.15, -0.1) is 0 Å². The highest BCUT2D eigenvalue weighted by molar-refractivity contribution is 14.1. The monoisotopic (exact) mass is 754 g/mol. The molecule has 0 saturated carbocycles. The SMILES string of the molecule is Cc1ccc(S(=O)(=O)N(CCBr)c2cc(I)cc(N(CCBr)S(=O)(=O)c3ccc(C)cc3)c2)cc1. The maximum absolute atomic E-state index is 13.6. The number of rotatable bonds is 10. The van der Waals surface area contributed by atoms with Gasteiger partial charge < -0.3 is 0 Å². The molecule has 0 atom stereocenters. The van der Waals surface area contributed by atoms with Crippen molar-refractivity contribution in [1.82, 2.24) is 0 Å². The summed E-state index contributed by atoms with van der Waals surface area (Å²) in [7, 11) is -7.75. The van der Waals surface area contributed by atoms with Gasteiger partial charge in [-0.25, -0.2) is 16.8 Å². The fourth-order valence-electron chi connectivity index (χ4n) is 3.45. The Morgan fingerprint density at radius 2 is 1.00 bits per heavy atom. The maximum atomic E-state index is 13.6. The third-order valence-corrected chi connectivity index (χ3v) is 10.3. The normalized spacial score (nSPS) is 11.9. The molecule has 0 unspecified atom stereocenters. The Kier molecular flexibility index (Phi) is 9.69. The first-order valence-corrected chi connectivity index (χ1v) is 16.8. The van der Waals surface area contributed by atoms with Gasteiger partial charge in [0.15, 0.2) is 0 Å². The number of nitrogens with zero attached hydrogens (tertiary/aromatic N) is 2. The molecule has 35 heavy (non-hydrogen) atoms. The van der Waals surface area contributed by atoms with Crippen molar-refractivity contribution in [3.8, 4) is 0 Å². The van der Waals surface area contributed by atoms with E-state index >= 15 is 0 Å². The minimum absolute atomic E-state index is 0.175. The first-order chi connectivity index (χ1) is 16.5. The molecule has 0 fully saturated rings. The van der Waals surface area contributed by atoms with Crippen molar-refractivity contribution in [2.24, 2.45) is 0 Å². The van der Waals surface area contributed by atoms with Gasteiger partial charge in [-0.05, 0) is 78.9 Å². The quantitative estimate of drug-likeness (QED) is 0.186. The summed E-state index contributed by atoms with van der Waals surface area (Å²) in [5.74, 6) is 0. The number of alkyl halides is 2. The van der Waals surface area contributed by atoms with Gasteiger partial charge in [0, 0.05) is 27.3 Å². The molecule has 0 spiro atoms. The van der Waals surface area contributed by atoms with Crippen LogP contribution in [0.3, 0.4) is 0 Å². The van der Waals surface area contributed by atoms with Crippen molar-refractivity contribution in [2.45, 2.75) is 23.6 Å². The Balaban J connectivity index is 2.13. The fourth-order valence-corrected chi connectivity index (χ4v) is 8.17. The number of sulfonamides is 2. The van der Waals surface area contributed by atoms with Gasteiger partial charge >= 0.3 is 0 Å². The van der Waals surface area contributed by atoms with Gasteiger partial charge in [-0.2, -0.15) is 0 Å². The molecule has 0 aliphatic rings. The summed E-state index contributed by atoms with van der Waals surface area (Å²) in [6.45, 7) is 4.15. The first kappa shape index (κ1) is 28.4. The smallest absolute Gasteiger partial charge is 0.264 e. The lowest BCUT2D eigenvalue weighted by molar-refractivity contribution is 0.591. The van der Waals surface area contributed by atoms with Gasteiger partial charge in [-0.1, -0.05) is 67.3 Å². The highest BCUT2D eigenvalue weighted by Gasteiger charge is 2.28. The van der Waals surface area contributed by atoms with E-state index < -0.39 is 20.0 Å². The third-order valence-electron chi connectivity index (χ3n) is 5.24. The molecule has 0 saturated heterocycles. The Hall–Kier alpha value is -1.15. The molecule has 3 aromatic rings. The van der Waals surface area contributed by atoms with Crippen molar-refractivity contribution in [2.75, 3.05) is 32.4 Å². The van der Waals surface area contributed by atoms with Gasteiger partial charge in [0.1, 0.15) is 0 Å². The van der Waals surface area contributed by atoms with E-state index in [1.165, 1.54) is 8.61 Å². The van der Waals surface area contributed by atoms with Gasteiger partial charge in [0.25, 0.3) is 20.0 Å². The van der Waals surface area contributed by atoms with E-state index in [9.17, 15) is 16.8 Å².